The number of hydrogen-bond acceptors (Lipinski definition) is 4. The maximum atomic E-state index is 5.79. The summed E-state index contributed by atoms with van der Waals surface area (Å²) in [6.45, 7) is 4.43. The summed E-state index contributed by atoms with van der Waals surface area (Å²) >= 11 is 17.4. The van der Waals surface area contributed by atoms with Crippen LogP contribution in [0.1, 0.15) is 44.8 Å². The zero-order valence-electron chi connectivity index (χ0n) is 10.4. The number of halogens is 3. The van der Waals surface area contributed by atoms with E-state index in [4.69, 9.17) is 39.5 Å². The average Bonchev–Trinajstić information content (AvgIpc) is 2.28. The van der Waals surface area contributed by atoms with Gasteiger partial charge in [-0.1, -0.05) is 54.6 Å². The third kappa shape index (κ3) is 5.12. The Kier molecular flexibility index (Phi) is 6.39. The molecule has 0 aliphatic rings. The van der Waals surface area contributed by atoms with E-state index in [0.717, 1.165) is 25.7 Å². The molecule has 1 rings (SSSR count). The third-order valence-electron chi connectivity index (χ3n) is 2.19. The van der Waals surface area contributed by atoms with E-state index in [1.54, 1.807) is 0 Å². The van der Waals surface area contributed by atoms with Crippen LogP contribution < -0.4 is 4.74 Å². The topological polar surface area (TPSA) is 47.9 Å². The summed E-state index contributed by atoms with van der Waals surface area (Å²) in [6, 6.07) is 0.209. The standard InChI is InChI=1S/C11H16Cl3N3O/c1-3-5-6-7-8-15-9(11(12,13)14)17-10(16-8)18-4-2/h3-7H2,1-2H3. The lowest BCUT2D eigenvalue weighted by molar-refractivity contribution is 0.308. The van der Waals surface area contributed by atoms with E-state index in [1.807, 2.05) is 6.92 Å². The monoisotopic (exact) mass is 311 g/mol. The fraction of sp³-hybridized carbons (Fsp3) is 0.727. The number of nitrogens with zero attached hydrogens (tertiary/aromatic N) is 3. The van der Waals surface area contributed by atoms with Gasteiger partial charge in [0.1, 0.15) is 5.82 Å². The third-order valence-corrected chi connectivity index (χ3v) is 2.70. The Balaban J connectivity index is 2.91. The zero-order valence-corrected chi connectivity index (χ0v) is 12.7. The molecule has 18 heavy (non-hydrogen) atoms. The molecule has 0 radical (unpaired) electrons. The van der Waals surface area contributed by atoms with E-state index in [-0.39, 0.29) is 11.8 Å². The number of aromatic nitrogens is 3. The summed E-state index contributed by atoms with van der Waals surface area (Å²) < 4.78 is 3.59. The molecule has 0 N–H and O–H groups in total. The summed E-state index contributed by atoms with van der Waals surface area (Å²) in [4.78, 5) is 12.3. The first kappa shape index (κ1) is 15.7. The largest absolute Gasteiger partial charge is 0.464 e. The number of aryl methyl sites for hydroxylation is 1. The van der Waals surface area contributed by atoms with Gasteiger partial charge in [-0.2, -0.15) is 9.97 Å². The van der Waals surface area contributed by atoms with Gasteiger partial charge in [-0.25, -0.2) is 4.98 Å². The van der Waals surface area contributed by atoms with Gasteiger partial charge in [0.2, 0.25) is 3.79 Å². The summed E-state index contributed by atoms with van der Waals surface area (Å²) in [5.74, 6) is 0.709. The molecule has 0 aromatic carbocycles. The highest BCUT2D eigenvalue weighted by atomic mass is 35.6. The van der Waals surface area contributed by atoms with Crippen molar-refractivity contribution in [2.24, 2.45) is 0 Å². The molecule has 0 aliphatic heterocycles. The Morgan fingerprint density at radius 1 is 1.06 bits per heavy atom. The molecule has 0 aliphatic carbocycles. The molecule has 7 heteroatoms. The van der Waals surface area contributed by atoms with Crippen molar-refractivity contribution in [2.75, 3.05) is 6.61 Å². The van der Waals surface area contributed by atoms with E-state index < -0.39 is 3.79 Å². The predicted molar refractivity (Wildman–Crippen MR) is 73.5 cm³/mol. The van der Waals surface area contributed by atoms with Crippen LogP contribution >= 0.6 is 34.8 Å². The molecule has 0 spiro atoms. The SMILES string of the molecule is CCCCCc1nc(OCC)nc(C(Cl)(Cl)Cl)n1. The Bertz CT molecular complexity index is 382. The van der Waals surface area contributed by atoms with Crippen LogP contribution in [0.3, 0.4) is 0 Å². The Labute approximate surface area is 122 Å². The lowest BCUT2D eigenvalue weighted by Gasteiger charge is -2.12. The van der Waals surface area contributed by atoms with Crippen LogP contribution in [-0.2, 0) is 10.2 Å². The Morgan fingerprint density at radius 3 is 2.33 bits per heavy atom. The smallest absolute Gasteiger partial charge is 0.320 e. The molecule has 1 aromatic rings. The van der Waals surface area contributed by atoms with Crippen molar-refractivity contribution in [3.05, 3.63) is 11.6 Å². The minimum atomic E-state index is -1.66. The second-order valence-electron chi connectivity index (χ2n) is 3.75. The number of hydrogen-bond donors (Lipinski definition) is 0. The van der Waals surface area contributed by atoms with Crippen LogP contribution in [0.2, 0.25) is 0 Å². The molecular formula is C11H16Cl3N3O. The fourth-order valence-electron chi connectivity index (χ4n) is 1.36. The minimum Gasteiger partial charge on any atom is -0.464 e. The highest BCUT2D eigenvalue weighted by Crippen LogP contribution is 2.36. The molecule has 0 amide bonds. The molecule has 1 aromatic heterocycles. The maximum absolute atomic E-state index is 5.79. The Morgan fingerprint density at radius 2 is 1.78 bits per heavy atom. The summed E-state index contributed by atoms with van der Waals surface area (Å²) in [5, 5.41) is 0. The second kappa shape index (κ2) is 7.31. The number of alkyl halides is 3. The molecule has 1 heterocycles. The van der Waals surface area contributed by atoms with Crippen molar-refractivity contribution >= 4 is 34.8 Å². The van der Waals surface area contributed by atoms with Gasteiger partial charge in [-0.15, -0.1) is 0 Å². The average molecular weight is 313 g/mol. The first-order chi connectivity index (χ1) is 8.47. The van der Waals surface area contributed by atoms with Crippen molar-refractivity contribution in [2.45, 2.75) is 43.3 Å². The van der Waals surface area contributed by atoms with Crippen LogP contribution in [0, 0.1) is 0 Å². The van der Waals surface area contributed by atoms with Crippen LogP contribution in [0.15, 0.2) is 0 Å². The molecule has 0 unspecified atom stereocenters. The molecule has 0 saturated carbocycles. The van der Waals surface area contributed by atoms with Gasteiger partial charge in [0.15, 0.2) is 5.82 Å². The van der Waals surface area contributed by atoms with Gasteiger partial charge in [-0.3, -0.25) is 0 Å². The molecule has 0 bridgehead atoms. The summed E-state index contributed by atoms with van der Waals surface area (Å²) in [7, 11) is 0. The maximum Gasteiger partial charge on any atom is 0.320 e. The van der Waals surface area contributed by atoms with Crippen molar-refractivity contribution < 1.29 is 4.74 Å². The highest BCUT2D eigenvalue weighted by molar-refractivity contribution is 6.66. The molecule has 0 fully saturated rings. The van der Waals surface area contributed by atoms with E-state index in [2.05, 4.69) is 21.9 Å². The van der Waals surface area contributed by atoms with Gasteiger partial charge < -0.3 is 4.74 Å². The van der Waals surface area contributed by atoms with E-state index >= 15 is 0 Å². The lowest BCUT2D eigenvalue weighted by atomic mass is 10.2. The van der Waals surface area contributed by atoms with Gasteiger partial charge >= 0.3 is 6.01 Å². The van der Waals surface area contributed by atoms with E-state index in [9.17, 15) is 0 Å². The van der Waals surface area contributed by atoms with Gasteiger partial charge in [0.05, 0.1) is 6.61 Å². The highest BCUT2D eigenvalue weighted by Gasteiger charge is 2.28. The quantitative estimate of drug-likeness (QED) is 0.591. The van der Waals surface area contributed by atoms with Gasteiger partial charge in [-0.05, 0) is 13.3 Å². The van der Waals surface area contributed by atoms with Crippen LogP contribution in [0.4, 0.5) is 0 Å². The molecular weight excluding hydrogens is 296 g/mol. The number of rotatable bonds is 6. The normalized spacial score (nSPS) is 11.6. The first-order valence-corrected chi connectivity index (χ1v) is 7.05. The molecule has 102 valence electrons. The van der Waals surface area contributed by atoms with Gasteiger partial charge in [0.25, 0.3) is 0 Å². The van der Waals surface area contributed by atoms with Crippen molar-refractivity contribution in [3.8, 4) is 6.01 Å². The van der Waals surface area contributed by atoms with E-state index in [1.165, 1.54) is 0 Å². The Hall–Kier alpha value is -0.320. The minimum absolute atomic E-state index is 0.109. The first-order valence-electron chi connectivity index (χ1n) is 5.92. The number of unbranched alkanes of at least 4 members (excludes halogenated alkanes) is 2. The van der Waals surface area contributed by atoms with Gasteiger partial charge in [0, 0.05) is 6.42 Å². The van der Waals surface area contributed by atoms with Crippen LogP contribution in [0.5, 0.6) is 6.01 Å². The predicted octanol–water partition coefficient (Wildman–Crippen LogP) is 3.83. The molecule has 4 nitrogen and oxygen atoms in total. The zero-order chi connectivity index (χ0) is 13.6. The van der Waals surface area contributed by atoms with Crippen LogP contribution in [0.25, 0.3) is 0 Å². The summed E-state index contributed by atoms with van der Waals surface area (Å²) in [5.41, 5.74) is 0. The van der Waals surface area contributed by atoms with Crippen molar-refractivity contribution in [3.63, 3.8) is 0 Å². The van der Waals surface area contributed by atoms with Crippen LogP contribution in [-0.4, -0.2) is 21.6 Å². The molecule has 0 atom stereocenters. The lowest BCUT2D eigenvalue weighted by Crippen LogP contribution is -2.13. The van der Waals surface area contributed by atoms with Crippen molar-refractivity contribution in [1.29, 1.82) is 0 Å². The molecule has 0 saturated heterocycles. The fourth-order valence-corrected chi connectivity index (χ4v) is 1.62. The summed E-state index contributed by atoms with van der Waals surface area (Å²) in [6.07, 6.45) is 3.95. The second-order valence-corrected chi connectivity index (χ2v) is 6.03. The number of ether oxygens (including phenoxy) is 1. The van der Waals surface area contributed by atoms with Crippen molar-refractivity contribution in [1.82, 2.24) is 15.0 Å². The van der Waals surface area contributed by atoms with E-state index in [0.29, 0.717) is 12.4 Å².